The first kappa shape index (κ1) is 12.7. The van der Waals surface area contributed by atoms with Crippen molar-refractivity contribution < 1.29 is 9.90 Å². The van der Waals surface area contributed by atoms with Crippen molar-refractivity contribution in [2.24, 2.45) is 0 Å². The largest absolute Gasteiger partial charge is 0.508 e. The fourth-order valence-corrected chi connectivity index (χ4v) is 2.41. The Morgan fingerprint density at radius 3 is 2.55 bits per heavy atom. The lowest BCUT2D eigenvalue weighted by molar-refractivity contribution is -0.118. The van der Waals surface area contributed by atoms with E-state index in [9.17, 15) is 9.90 Å². The summed E-state index contributed by atoms with van der Waals surface area (Å²) in [5.74, 6) is 0.137. The van der Waals surface area contributed by atoms with Crippen molar-refractivity contribution in [1.29, 1.82) is 0 Å². The number of nitrogens with one attached hydrogen (secondary N) is 2. The van der Waals surface area contributed by atoms with Gasteiger partial charge in [0.1, 0.15) is 5.75 Å². The molecule has 1 heterocycles. The van der Waals surface area contributed by atoms with E-state index < -0.39 is 0 Å². The number of carbonyl (C=O) groups is 1. The number of aromatic hydroxyl groups is 1. The van der Waals surface area contributed by atoms with Gasteiger partial charge in [0.2, 0.25) is 5.91 Å². The summed E-state index contributed by atoms with van der Waals surface area (Å²) >= 11 is 0. The lowest BCUT2D eigenvalue weighted by Gasteiger charge is -2.25. The van der Waals surface area contributed by atoms with E-state index in [1.165, 1.54) is 11.1 Å². The average Bonchev–Trinajstić information content (AvgIpc) is 2.49. The second kappa shape index (κ2) is 5.35. The van der Waals surface area contributed by atoms with Crippen LogP contribution in [0.3, 0.4) is 0 Å². The molecule has 102 valence electrons. The number of rotatable bonds is 2. The summed E-state index contributed by atoms with van der Waals surface area (Å²) < 4.78 is 0. The van der Waals surface area contributed by atoms with Crippen LogP contribution in [-0.4, -0.2) is 17.1 Å². The molecule has 1 aliphatic heterocycles. The van der Waals surface area contributed by atoms with Crippen molar-refractivity contribution in [3.63, 3.8) is 0 Å². The van der Waals surface area contributed by atoms with Gasteiger partial charge in [-0.15, -0.1) is 0 Å². The van der Waals surface area contributed by atoms with E-state index >= 15 is 0 Å². The third-order valence-electron chi connectivity index (χ3n) is 3.53. The molecule has 0 aromatic heterocycles. The first-order valence-electron chi connectivity index (χ1n) is 6.62. The lowest BCUT2D eigenvalue weighted by Crippen LogP contribution is -2.44. The number of benzene rings is 2. The van der Waals surface area contributed by atoms with E-state index in [1.54, 1.807) is 24.3 Å². The van der Waals surface area contributed by atoms with Gasteiger partial charge in [0, 0.05) is 12.2 Å². The Hall–Kier alpha value is -2.33. The highest BCUT2D eigenvalue weighted by atomic mass is 16.3. The molecule has 0 bridgehead atoms. The molecule has 0 fully saturated rings. The molecule has 4 heteroatoms. The van der Waals surface area contributed by atoms with Crippen LogP contribution in [0.5, 0.6) is 5.75 Å². The molecule has 1 aliphatic rings. The second-order valence-electron chi connectivity index (χ2n) is 4.94. The number of phenolic OH excluding ortho intramolecular Hbond substituents is 1. The first-order chi connectivity index (χ1) is 9.72. The van der Waals surface area contributed by atoms with Crippen LogP contribution in [0, 0.1) is 0 Å². The Labute approximate surface area is 117 Å². The van der Waals surface area contributed by atoms with Gasteiger partial charge in [-0.3, -0.25) is 4.79 Å². The maximum Gasteiger partial charge on any atom is 0.241 e. The van der Waals surface area contributed by atoms with E-state index in [-0.39, 0.29) is 17.7 Å². The zero-order valence-electron chi connectivity index (χ0n) is 11.0. The van der Waals surface area contributed by atoms with Crippen molar-refractivity contribution in [1.82, 2.24) is 5.32 Å². The molecule has 0 saturated carbocycles. The fourth-order valence-electron chi connectivity index (χ4n) is 2.41. The molecule has 1 atom stereocenters. The molecule has 1 amide bonds. The number of anilines is 1. The normalized spacial score (nSPS) is 17.3. The third-order valence-corrected chi connectivity index (χ3v) is 3.53. The summed E-state index contributed by atoms with van der Waals surface area (Å²) in [6.07, 6.45) is 0.695. The topological polar surface area (TPSA) is 61.4 Å². The van der Waals surface area contributed by atoms with Gasteiger partial charge in [-0.05, 0) is 41.8 Å². The Balaban J connectivity index is 1.68. The van der Waals surface area contributed by atoms with Crippen LogP contribution >= 0.6 is 0 Å². The van der Waals surface area contributed by atoms with Crippen LogP contribution in [0.2, 0.25) is 0 Å². The molecular formula is C16H16N2O2. The summed E-state index contributed by atoms with van der Waals surface area (Å²) in [4.78, 5) is 12.2. The van der Waals surface area contributed by atoms with Gasteiger partial charge < -0.3 is 15.7 Å². The van der Waals surface area contributed by atoms with E-state index in [1.807, 2.05) is 12.1 Å². The van der Waals surface area contributed by atoms with E-state index in [2.05, 4.69) is 22.8 Å². The third kappa shape index (κ3) is 2.65. The summed E-state index contributed by atoms with van der Waals surface area (Å²) in [5.41, 5.74) is 3.16. The van der Waals surface area contributed by atoms with Gasteiger partial charge in [-0.2, -0.15) is 0 Å². The van der Waals surface area contributed by atoms with Gasteiger partial charge in [0.15, 0.2) is 0 Å². The number of hydrogen-bond acceptors (Lipinski definition) is 3. The van der Waals surface area contributed by atoms with Gasteiger partial charge in [-0.25, -0.2) is 0 Å². The van der Waals surface area contributed by atoms with Gasteiger partial charge >= 0.3 is 0 Å². The van der Waals surface area contributed by atoms with Gasteiger partial charge in [-0.1, -0.05) is 24.3 Å². The minimum absolute atomic E-state index is 0.0507. The molecule has 3 N–H and O–H groups in total. The summed E-state index contributed by atoms with van der Waals surface area (Å²) in [5, 5.41) is 15.3. The van der Waals surface area contributed by atoms with E-state index in [4.69, 9.17) is 0 Å². The predicted molar refractivity (Wildman–Crippen MR) is 77.5 cm³/mol. The standard InChI is InChI=1S/C16H16N2O2/c19-14-7-5-13(6-8-14)18-16(20)15-9-11-3-1-2-4-12(11)10-17-15/h1-8,15,17,19H,9-10H2,(H,18,20)/t15-/m0/s1. The second-order valence-corrected chi connectivity index (χ2v) is 4.94. The van der Waals surface area contributed by atoms with Crippen LogP contribution in [0.25, 0.3) is 0 Å². The van der Waals surface area contributed by atoms with Crippen molar-refractivity contribution >= 4 is 11.6 Å². The number of fused-ring (bicyclic) bond motifs is 1. The zero-order chi connectivity index (χ0) is 13.9. The van der Waals surface area contributed by atoms with E-state index in [0.717, 1.165) is 0 Å². The Morgan fingerprint density at radius 1 is 1.10 bits per heavy atom. The molecule has 0 spiro atoms. The quantitative estimate of drug-likeness (QED) is 0.730. The van der Waals surface area contributed by atoms with Crippen LogP contribution in [-0.2, 0) is 17.8 Å². The summed E-state index contributed by atoms with van der Waals surface area (Å²) in [7, 11) is 0. The smallest absolute Gasteiger partial charge is 0.241 e. The van der Waals surface area contributed by atoms with Crippen molar-refractivity contribution in [3.05, 3.63) is 59.7 Å². The molecule has 0 aliphatic carbocycles. The Morgan fingerprint density at radius 2 is 1.80 bits per heavy atom. The number of amides is 1. The highest BCUT2D eigenvalue weighted by molar-refractivity contribution is 5.95. The Bertz CT molecular complexity index is 623. The van der Waals surface area contributed by atoms with Crippen LogP contribution in [0.1, 0.15) is 11.1 Å². The minimum Gasteiger partial charge on any atom is -0.508 e. The first-order valence-corrected chi connectivity index (χ1v) is 6.62. The highest BCUT2D eigenvalue weighted by Gasteiger charge is 2.23. The maximum absolute atomic E-state index is 12.2. The number of phenols is 1. The molecule has 3 rings (SSSR count). The molecule has 0 unspecified atom stereocenters. The van der Waals surface area contributed by atoms with Crippen LogP contribution < -0.4 is 10.6 Å². The molecule has 0 saturated heterocycles. The van der Waals surface area contributed by atoms with E-state index in [0.29, 0.717) is 18.7 Å². The average molecular weight is 268 g/mol. The molecular weight excluding hydrogens is 252 g/mol. The summed E-state index contributed by atoms with van der Waals surface area (Å²) in [6.45, 7) is 0.712. The van der Waals surface area contributed by atoms with Crippen molar-refractivity contribution in [2.45, 2.75) is 19.0 Å². The van der Waals surface area contributed by atoms with Crippen molar-refractivity contribution in [2.75, 3.05) is 5.32 Å². The molecule has 4 nitrogen and oxygen atoms in total. The SMILES string of the molecule is O=C(Nc1ccc(O)cc1)[C@@H]1Cc2ccccc2CN1. The summed E-state index contributed by atoms with van der Waals surface area (Å²) in [6, 6.07) is 14.4. The molecule has 2 aromatic rings. The number of carbonyl (C=O) groups excluding carboxylic acids is 1. The Kier molecular flexibility index (Phi) is 3.39. The predicted octanol–water partition coefficient (Wildman–Crippen LogP) is 2.05. The zero-order valence-corrected chi connectivity index (χ0v) is 11.0. The van der Waals surface area contributed by atoms with Crippen molar-refractivity contribution in [3.8, 4) is 5.75 Å². The lowest BCUT2D eigenvalue weighted by atomic mass is 9.95. The molecule has 2 aromatic carbocycles. The number of hydrogen-bond donors (Lipinski definition) is 3. The van der Waals surface area contributed by atoms with Gasteiger partial charge in [0.25, 0.3) is 0 Å². The minimum atomic E-state index is -0.223. The van der Waals surface area contributed by atoms with Crippen LogP contribution in [0.4, 0.5) is 5.69 Å². The monoisotopic (exact) mass is 268 g/mol. The maximum atomic E-state index is 12.2. The van der Waals surface area contributed by atoms with Crippen LogP contribution in [0.15, 0.2) is 48.5 Å². The van der Waals surface area contributed by atoms with Gasteiger partial charge in [0.05, 0.1) is 6.04 Å². The molecule has 20 heavy (non-hydrogen) atoms. The molecule has 0 radical (unpaired) electrons. The highest BCUT2D eigenvalue weighted by Crippen LogP contribution is 2.18. The fraction of sp³-hybridized carbons (Fsp3) is 0.188.